The highest BCUT2D eigenvalue weighted by Gasteiger charge is 2.23. The molecule has 180 valence electrons. The van der Waals surface area contributed by atoms with E-state index in [1.807, 2.05) is 30.0 Å². The Balaban J connectivity index is 1.27. The standard InChI is InChI=1S/C24H27Cl2N5O2S/c1-16-20(13-28-8-10-29(11-9-28)17-4-5-18(25)19(26)12-17)34-23-22(16)24(33)31(15-27-23)14-21(32)30-6-2-3-7-30/h4-5,12,15H,2-3,6-11,13-14H2,1H3. The highest BCUT2D eigenvalue weighted by Crippen LogP contribution is 2.30. The minimum Gasteiger partial charge on any atom is -0.369 e. The lowest BCUT2D eigenvalue weighted by atomic mass is 10.2. The van der Waals surface area contributed by atoms with Crippen molar-refractivity contribution >= 4 is 56.3 Å². The predicted molar refractivity (Wildman–Crippen MR) is 138 cm³/mol. The Hall–Kier alpha value is -2.13. The summed E-state index contributed by atoms with van der Waals surface area (Å²) in [6.45, 7) is 8.02. The van der Waals surface area contributed by atoms with Gasteiger partial charge in [0.15, 0.2) is 0 Å². The van der Waals surface area contributed by atoms with Gasteiger partial charge >= 0.3 is 0 Å². The van der Waals surface area contributed by atoms with Crippen molar-refractivity contribution in [3.63, 3.8) is 0 Å². The summed E-state index contributed by atoms with van der Waals surface area (Å²) < 4.78 is 1.46. The molecule has 2 fully saturated rings. The molecule has 0 radical (unpaired) electrons. The Morgan fingerprint density at radius 2 is 1.79 bits per heavy atom. The molecule has 0 spiro atoms. The van der Waals surface area contributed by atoms with E-state index in [4.69, 9.17) is 23.2 Å². The number of benzene rings is 1. The summed E-state index contributed by atoms with van der Waals surface area (Å²) in [4.78, 5) is 38.7. The summed E-state index contributed by atoms with van der Waals surface area (Å²) in [6.07, 6.45) is 3.59. The fourth-order valence-electron chi connectivity index (χ4n) is 4.73. The number of rotatable bonds is 5. The fraction of sp³-hybridized carbons (Fsp3) is 0.458. The third-order valence-electron chi connectivity index (χ3n) is 6.79. The zero-order chi connectivity index (χ0) is 23.8. The number of carbonyl (C=O) groups excluding carboxylic acids is 1. The Morgan fingerprint density at radius 1 is 1.06 bits per heavy atom. The molecule has 4 heterocycles. The summed E-state index contributed by atoms with van der Waals surface area (Å²) in [5, 5.41) is 1.78. The van der Waals surface area contributed by atoms with Gasteiger partial charge in [0.25, 0.3) is 5.56 Å². The van der Waals surface area contributed by atoms with Gasteiger partial charge in [-0.05, 0) is 43.5 Å². The van der Waals surface area contributed by atoms with E-state index in [9.17, 15) is 9.59 Å². The van der Waals surface area contributed by atoms with Crippen molar-refractivity contribution in [2.75, 3.05) is 44.2 Å². The normalized spacial score (nSPS) is 17.1. The van der Waals surface area contributed by atoms with Gasteiger partial charge in [0.05, 0.1) is 21.8 Å². The summed E-state index contributed by atoms with van der Waals surface area (Å²) in [5.74, 6) is -0.00583. The first-order chi connectivity index (χ1) is 16.4. The van der Waals surface area contributed by atoms with E-state index >= 15 is 0 Å². The first-order valence-electron chi connectivity index (χ1n) is 11.6. The zero-order valence-electron chi connectivity index (χ0n) is 19.1. The van der Waals surface area contributed by atoms with Crippen LogP contribution < -0.4 is 10.5 Å². The number of halogens is 2. The largest absolute Gasteiger partial charge is 0.369 e. The number of amides is 1. The fourth-order valence-corrected chi connectivity index (χ4v) is 6.20. The molecule has 0 saturated carbocycles. The highest BCUT2D eigenvalue weighted by molar-refractivity contribution is 7.18. The number of nitrogens with zero attached hydrogens (tertiary/aromatic N) is 5. The molecule has 10 heteroatoms. The third-order valence-corrected chi connectivity index (χ3v) is 8.71. The van der Waals surface area contributed by atoms with Crippen LogP contribution in [0.4, 0.5) is 5.69 Å². The van der Waals surface area contributed by atoms with E-state index in [0.717, 1.165) is 79.6 Å². The Labute approximate surface area is 212 Å². The van der Waals surface area contributed by atoms with E-state index in [2.05, 4.69) is 14.8 Å². The molecule has 34 heavy (non-hydrogen) atoms. The second kappa shape index (κ2) is 9.85. The maximum absolute atomic E-state index is 13.2. The van der Waals surface area contributed by atoms with Crippen LogP contribution in [0.3, 0.4) is 0 Å². The smallest absolute Gasteiger partial charge is 0.262 e. The van der Waals surface area contributed by atoms with Crippen LogP contribution in [-0.4, -0.2) is 64.5 Å². The van der Waals surface area contributed by atoms with Crippen LogP contribution in [0, 0.1) is 6.92 Å². The van der Waals surface area contributed by atoms with Gasteiger partial charge in [-0.25, -0.2) is 4.98 Å². The molecule has 2 aliphatic heterocycles. The molecule has 0 atom stereocenters. The van der Waals surface area contributed by atoms with Crippen molar-refractivity contribution in [1.82, 2.24) is 19.4 Å². The van der Waals surface area contributed by atoms with Crippen molar-refractivity contribution in [1.29, 1.82) is 0 Å². The lowest BCUT2D eigenvalue weighted by molar-refractivity contribution is -0.130. The second-order valence-electron chi connectivity index (χ2n) is 8.96. The van der Waals surface area contributed by atoms with Gasteiger partial charge < -0.3 is 9.80 Å². The van der Waals surface area contributed by atoms with Gasteiger partial charge in [-0.2, -0.15) is 0 Å². The monoisotopic (exact) mass is 519 g/mol. The molecule has 2 aliphatic rings. The Morgan fingerprint density at radius 3 is 2.50 bits per heavy atom. The van der Waals surface area contributed by atoms with Crippen LogP contribution >= 0.6 is 34.5 Å². The minimum atomic E-state index is -0.123. The second-order valence-corrected chi connectivity index (χ2v) is 10.9. The lowest BCUT2D eigenvalue weighted by Crippen LogP contribution is -2.45. The molecule has 1 aromatic carbocycles. The minimum absolute atomic E-state index is 0.00583. The molecule has 2 aromatic heterocycles. The summed E-state index contributed by atoms with van der Waals surface area (Å²) in [5.41, 5.74) is 1.94. The zero-order valence-corrected chi connectivity index (χ0v) is 21.4. The van der Waals surface area contributed by atoms with Crippen molar-refractivity contribution < 1.29 is 4.79 Å². The predicted octanol–water partition coefficient (Wildman–Crippen LogP) is 4.02. The number of fused-ring (bicyclic) bond motifs is 1. The SMILES string of the molecule is Cc1c(CN2CCN(c3ccc(Cl)c(Cl)c3)CC2)sc2ncn(CC(=O)N3CCCC3)c(=O)c12. The van der Waals surface area contributed by atoms with E-state index in [1.165, 1.54) is 10.9 Å². The topological polar surface area (TPSA) is 61.7 Å². The van der Waals surface area contributed by atoms with Crippen molar-refractivity contribution in [2.24, 2.45) is 0 Å². The van der Waals surface area contributed by atoms with E-state index in [0.29, 0.717) is 15.4 Å². The number of anilines is 1. The first-order valence-corrected chi connectivity index (χ1v) is 13.2. The number of piperazine rings is 1. The van der Waals surface area contributed by atoms with Crippen LogP contribution in [-0.2, 0) is 17.9 Å². The van der Waals surface area contributed by atoms with E-state index < -0.39 is 0 Å². The molecule has 1 amide bonds. The van der Waals surface area contributed by atoms with Crippen LogP contribution in [0.15, 0.2) is 29.3 Å². The summed E-state index contributed by atoms with van der Waals surface area (Å²) in [7, 11) is 0. The molecule has 0 aliphatic carbocycles. The molecule has 3 aromatic rings. The van der Waals surface area contributed by atoms with E-state index in [1.54, 1.807) is 11.3 Å². The Kier molecular flexibility index (Phi) is 6.84. The molecular weight excluding hydrogens is 493 g/mol. The average Bonchev–Trinajstić information content (AvgIpc) is 3.47. The molecule has 7 nitrogen and oxygen atoms in total. The Bertz CT molecular complexity index is 1280. The molecule has 2 saturated heterocycles. The number of aryl methyl sites for hydroxylation is 1. The van der Waals surface area contributed by atoms with Gasteiger partial charge in [0, 0.05) is 56.4 Å². The van der Waals surface area contributed by atoms with Gasteiger partial charge in [0.2, 0.25) is 5.91 Å². The number of aromatic nitrogens is 2. The molecule has 0 unspecified atom stereocenters. The van der Waals surface area contributed by atoms with Gasteiger partial charge in [-0.15, -0.1) is 11.3 Å². The third kappa shape index (κ3) is 4.69. The number of carbonyl (C=O) groups is 1. The molecule has 0 bridgehead atoms. The number of thiophene rings is 1. The average molecular weight is 520 g/mol. The highest BCUT2D eigenvalue weighted by atomic mass is 35.5. The first kappa shape index (κ1) is 23.6. The number of likely N-dealkylation sites (tertiary alicyclic amines) is 1. The van der Waals surface area contributed by atoms with Gasteiger partial charge in [0.1, 0.15) is 11.4 Å². The molecule has 0 N–H and O–H groups in total. The number of hydrogen-bond donors (Lipinski definition) is 0. The maximum atomic E-state index is 13.2. The van der Waals surface area contributed by atoms with Crippen LogP contribution in [0.2, 0.25) is 10.0 Å². The van der Waals surface area contributed by atoms with Crippen molar-refractivity contribution in [2.45, 2.75) is 32.9 Å². The van der Waals surface area contributed by atoms with Crippen LogP contribution in [0.25, 0.3) is 10.2 Å². The van der Waals surface area contributed by atoms with Gasteiger partial charge in [-0.3, -0.25) is 19.1 Å². The van der Waals surface area contributed by atoms with Crippen LogP contribution in [0.5, 0.6) is 0 Å². The number of hydrogen-bond acceptors (Lipinski definition) is 6. The lowest BCUT2D eigenvalue weighted by Gasteiger charge is -2.36. The quantitative estimate of drug-likeness (QED) is 0.509. The van der Waals surface area contributed by atoms with Crippen LogP contribution in [0.1, 0.15) is 23.3 Å². The molecule has 5 rings (SSSR count). The molecular formula is C24H27Cl2N5O2S. The van der Waals surface area contributed by atoms with Crippen molar-refractivity contribution in [3.05, 3.63) is 55.4 Å². The summed E-state index contributed by atoms with van der Waals surface area (Å²) >= 11 is 13.8. The summed E-state index contributed by atoms with van der Waals surface area (Å²) in [6, 6.07) is 5.76. The van der Waals surface area contributed by atoms with Gasteiger partial charge in [-0.1, -0.05) is 23.2 Å². The maximum Gasteiger partial charge on any atom is 0.262 e. The van der Waals surface area contributed by atoms with E-state index in [-0.39, 0.29) is 18.0 Å². The van der Waals surface area contributed by atoms with Crippen molar-refractivity contribution in [3.8, 4) is 0 Å².